The van der Waals surface area contributed by atoms with E-state index in [0.717, 1.165) is 19.5 Å². The lowest BCUT2D eigenvalue weighted by Gasteiger charge is -2.34. The van der Waals surface area contributed by atoms with Gasteiger partial charge in [0.25, 0.3) is 0 Å². The van der Waals surface area contributed by atoms with Crippen molar-refractivity contribution >= 4 is 11.6 Å². The highest BCUT2D eigenvalue weighted by molar-refractivity contribution is 6.29. The minimum absolute atomic E-state index is 0.249. The summed E-state index contributed by atoms with van der Waals surface area (Å²) in [6.45, 7) is 2.16. The molecule has 0 spiro atoms. The van der Waals surface area contributed by atoms with Crippen LogP contribution in [-0.2, 0) is 6.54 Å². The average Bonchev–Trinajstić information content (AvgIpc) is 2.30. The van der Waals surface area contributed by atoms with Crippen molar-refractivity contribution < 1.29 is 5.11 Å². The normalized spacial score (nSPS) is 22.2. The number of aliphatic hydroxyl groups is 1. The van der Waals surface area contributed by atoms with Gasteiger partial charge in [0, 0.05) is 18.8 Å². The van der Waals surface area contributed by atoms with Crippen molar-refractivity contribution in [2.45, 2.75) is 31.8 Å². The lowest BCUT2D eigenvalue weighted by molar-refractivity contribution is 0.0841. The number of nitrogens with zero attached hydrogens (tertiary/aromatic N) is 2. The van der Waals surface area contributed by atoms with E-state index in [1.807, 2.05) is 12.1 Å². The summed E-state index contributed by atoms with van der Waals surface area (Å²) >= 11 is 5.85. The zero-order chi connectivity index (χ0) is 11.4. The molecule has 1 N–H and O–H groups in total. The Morgan fingerprint density at radius 2 is 2.38 bits per heavy atom. The summed E-state index contributed by atoms with van der Waals surface area (Å²) in [6, 6.07) is 4.18. The smallest absolute Gasteiger partial charge is 0.129 e. The van der Waals surface area contributed by atoms with Crippen LogP contribution in [0.5, 0.6) is 0 Å². The third kappa shape index (κ3) is 2.94. The number of halogens is 1. The number of rotatable bonds is 3. The molecule has 88 valence electrons. The van der Waals surface area contributed by atoms with Crippen molar-refractivity contribution in [3.8, 4) is 0 Å². The van der Waals surface area contributed by atoms with Gasteiger partial charge < -0.3 is 5.11 Å². The van der Waals surface area contributed by atoms with Gasteiger partial charge in [-0.05, 0) is 37.1 Å². The van der Waals surface area contributed by atoms with Crippen LogP contribution < -0.4 is 0 Å². The number of hydrogen-bond donors (Lipinski definition) is 1. The van der Waals surface area contributed by atoms with Crippen molar-refractivity contribution in [1.82, 2.24) is 9.88 Å². The maximum atomic E-state index is 9.31. The Hall–Kier alpha value is -0.640. The quantitative estimate of drug-likeness (QED) is 0.822. The number of likely N-dealkylation sites (tertiary alicyclic amines) is 1. The first kappa shape index (κ1) is 11.8. The fourth-order valence-electron chi connectivity index (χ4n) is 2.25. The molecule has 1 aromatic rings. The maximum Gasteiger partial charge on any atom is 0.129 e. The van der Waals surface area contributed by atoms with Crippen molar-refractivity contribution in [3.05, 3.63) is 29.0 Å². The minimum atomic E-state index is 0.249. The van der Waals surface area contributed by atoms with E-state index in [-0.39, 0.29) is 6.61 Å². The Morgan fingerprint density at radius 1 is 1.50 bits per heavy atom. The van der Waals surface area contributed by atoms with Crippen LogP contribution in [0.25, 0.3) is 0 Å². The lowest BCUT2D eigenvalue weighted by atomic mass is 10.0. The van der Waals surface area contributed by atoms with Gasteiger partial charge >= 0.3 is 0 Å². The molecule has 0 aliphatic carbocycles. The van der Waals surface area contributed by atoms with Gasteiger partial charge in [0.2, 0.25) is 0 Å². The number of pyridine rings is 1. The number of aromatic nitrogens is 1. The molecule has 0 radical (unpaired) electrons. The van der Waals surface area contributed by atoms with Gasteiger partial charge in [0.1, 0.15) is 5.15 Å². The van der Waals surface area contributed by atoms with Gasteiger partial charge in [0.05, 0.1) is 6.61 Å². The molecule has 1 aromatic heterocycles. The SMILES string of the molecule is OCC1CCCCN1Cc1ccnc(Cl)c1. The first-order chi connectivity index (χ1) is 7.79. The van der Waals surface area contributed by atoms with Crippen LogP contribution in [0.2, 0.25) is 5.15 Å². The van der Waals surface area contributed by atoms with E-state index < -0.39 is 0 Å². The molecule has 2 heterocycles. The second kappa shape index (κ2) is 5.62. The van der Waals surface area contributed by atoms with E-state index in [0.29, 0.717) is 11.2 Å². The Labute approximate surface area is 101 Å². The molecule has 1 aliphatic heterocycles. The first-order valence-corrected chi connectivity index (χ1v) is 6.13. The van der Waals surface area contributed by atoms with Gasteiger partial charge in [-0.25, -0.2) is 4.98 Å². The predicted octanol–water partition coefficient (Wildman–Crippen LogP) is 2.08. The zero-order valence-corrected chi connectivity index (χ0v) is 10.0. The average molecular weight is 241 g/mol. The molecule has 1 aliphatic rings. The third-order valence-electron chi connectivity index (χ3n) is 3.14. The summed E-state index contributed by atoms with van der Waals surface area (Å²) in [5, 5.41) is 9.85. The molecule has 0 saturated carbocycles. The van der Waals surface area contributed by atoms with E-state index >= 15 is 0 Å². The van der Waals surface area contributed by atoms with Crippen molar-refractivity contribution in [1.29, 1.82) is 0 Å². The summed E-state index contributed by atoms with van der Waals surface area (Å²) in [5.74, 6) is 0. The number of piperidine rings is 1. The van der Waals surface area contributed by atoms with Gasteiger partial charge in [0.15, 0.2) is 0 Å². The summed E-state index contributed by atoms with van der Waals surface area (Å²) in [6.07, 6.45) is 5.26. The van der Waals surface area contributed by atoms with Crippen molar-refractivity contribution in [2.75, 3.05) is 13.2 Å². The number of aliphatic hydroxyl groups excluding tert-OH is 1. The van der Waals surface area contributed by atoms with E-state index in [4.69, 9.17) is 11.6 Å². The van der Waals surface area contributed by atoms with Crippen LogP contribution in [0.3, 0.4) is 0 Å². The fraction of sp³-hybridized carbons (Fsp3) is 0.583. The van der Waals surface area contributed by atoms with Crippen molar-refractivity contribution in [2.24, 2.45) is 0 Å². The van der Waals surface area contributed by atoms with Gasteiger partial charge in [-0.1, -0.05) is 18.0 Å². The van der Waals surface area contributed by atoms with Crippen LogP contribution in [0.15, 0.2) is 18.3 Å². The highest BCUT2D eigenvalue weighted by Crippen LogP contribution is 2.19. The monoisotopic (exact) mass is 240 g/mol. The highest BCUT2D eigenvalue weighted by atomic mass is 35.5. The van der Waals surface area contributed by atoms with Crippen LogP contribution in [0.1, 0.15) is 24.8 Å². The van der Waals surface area contributed by atoms with Crippen LogP contribution in [0, 0.1) is 0 Å². The molecule has 0 amide bonds. The zero-order valence-electron chi connectivity index (χ0n) is 9.27. The van der Waals surface area contributed by atoms with Gasteiger partial charge in [-0.15, -0.1) is 0 Å². The molecule has 16 heavy (non-hydrogen) atoms. The van der Waals surface area contributed by atoms with Gasteiger partial charge in [-0.2, -0.15) is 0 Å². The second-order valence-corrected chi connectivity index (χ2v) is 4.68. The van der Waals surface area contributed by atoms with E-state index in [9.17, 15) is 5.11 Å². The summed E-state index contributed by atoms with van der Waals surface area (Å²) in [7, 11) is 0. The Balaban J connectivity index is 2.02. The molecular formula is C12H17ClN2O. The maximum absolute atomic E-state index is 9.31. The Morgan fingerprint density at radius 3 is 3.12 bits per heavy atom. The Bertz CT molecular complexity index is 346. The topological polar surface area (TPSA) is 36.4 Å². The molecule has 1 unspecified atom stereocenters. The Kier molecular flexibility index (Phi) is 4.16. The summed E-state index contributed by atoms with van der Waals surface area (Å²) in [4.78, 5) is 6.30. The molecule has 2 rings (SSSR count). The molecule has 0 aromatic carbocycles. The largest absolute Gasteiger partial charge is 0.395 e. The molecule has 1 fully saturated rings. The highest BCUT2D eigenvalue weighted by Gasteiger charge is 2.21. The van der Waals surface area contributed by atoms with E-state index in [1.165, 1.54) is 18.4 Å². The first-order valence-electron chi connectivity index (χ1n) is 5.75. The van der Waals surface area contributed by atoms with E-state index in [2.05, 4.69) is 9.88 Å². The molecule has 3 nitrogen and oxygen atoms in total. The van der Waals surface area contributed by atoms with Gasteiger partial charge in [-0.3, -0.25) is 4.90 Å². The predicted molar refractivity (Wildman–Crippen MR) is 64.4 cm³/mol. The van der Waals surface area contributed by atoms with Crippen LogP contribution in [-0.4, -0.2) is 34.2 Å². The molecule has 4 heteroatoms. The minimum Gasteiger partial charge on any atom is -0.395 e. The van der Waals surface area contributed by atoms with Crippen molar-refractivity contribution in [3.63, 3.8) is 0 Å². The second-order valence-electron chi connectivity index (χ2n) is 4.29. The molecule has 1 saturated heterocycles. The summed E-state index contributed by atoms with van der Waals surface area (Å²) in [5.41, 5.74) is 1.17. The fourth-order valence-corrected chi connectivity index (χ4v) is 2.45. The van der Waals surface area contributed by atoms with E-state index in [1.54, 1.807) is 6.20 Å². The van der Waals surface area contributed by atoms with Crippen LogP contribution in [0.4, 0.5) is 0 Å². The molecular weight excluding hydrogens is 224 g/mol. The molecule has 1 atom stereocenters. The third-order valence-corrected chi connectivity index (χ3v) is 3.34. The number of hydrogen-bond acceptors (Lipinski definition) is 3. The molecule has 0 bridgehead atoms. The lowest BCUT2D eigenvalue weighted by Crippen LogP contribution is -2.41. The van der Waals surface area contributed by atoms with Crippen LogP contribution >= 0.6 is 11.6 Å². The summed E-state index contributed by atoms with van der Waals surface area (Å²) < 4.78 is 0. The standard InChI is InChI=1S/C12H17ClN2O/c13-12-7-10(4-5-14-12)8-15-6-2-1-3-11(15)9-16/h4-5,7,11,16H,1-3,6,8-9H2.